The molecule has 0 bridgehead atoms. The summed E-state index contributed by atoms with van der Waals surface area (Å²) in [6.07, 6.45) is 6.10. The molecule has 0 aliphatic heterocycles. The number of aldehydes is 1. The van der Waals surface area contributed by atoms with Gasteiger partial charge in [-0.15, -0.1) is 0 Å². The molecule has 0 aliphatic carbocycles. The van der Waals surface area contributed by atoms with Crippen LogP contribution in [0.5, 0.6) is 0 Å². The molecule has 0 aliphatic rings. The highest BCUT2D eigenvalue weighted by molar-refractivity contribution is 5.66. The fourth-order valence-corrected chi connectivity index (χ4v) is 0.426. The van der Waals surface area contributed by atoms with Gasteiger partial charge < -0.3 is 0 Å². The summed E-state index contributed by atoms with van der Waals surface area (Å²) >= 11 is 0. The van der Waals surface area contributed by atoms with E-state index in [2.05, 4.69) is 0 Å². The summed E-state index contributed by atoms with van der Waals surface area (Å²) < 4.78 is 0. The van der Waals surface area contributed by atoms with Gasteiger partial charge in [0.1, 0.15) is 6.29 Å². The van der Waals surface area contributed by atoms with E-state index in [9.17, 15) is 4.79 Å². The number of carbonyl (C=O) groups is 1. The second kappa shape index (κ2) is 4.31. The number of rotatable bonds is 2. The van der Waals surface area contributed by atoms with Crippen LogP contribution in [0.15, 0.2) is 23.8 Å². The average Bonchev–Trinajstić information content (AvgIpc) is 1.68. The molecule has 1 nitrogen and oxygen atoms in total. The molecular formula is C7H10O. The van der Waals surface area contributed by atoms with Crippen molar-refractivity contribution in [2.45, 2.75) is 13.8 Å². The van der Waals surface area contributed by atoms with Gasteiger partial charge in [-0.3, -0.25) is 4.79 Å². The van der Waals surface area contributed by atoms with Crippen molar-refractivity contribution in [3.63, 3.8) is 0 Å². The maximum Gasteiger partial charge on any atom is 0.143 e. The smallest absolute Gasteiger partial charge is 0.143 e. The molecule has 0 atom stereocenters. The Labute approximate surface area is 49.7 Å². The van der Waals surface area contributed by atoms with Crippen LogP contribution in [0.4, 0.5) is 0 Å². The monoisotopic (exact) mass is 110 g/mol. The Morgan fingerprint density at radius 2 is 2.12 bits per heavy atom. The van der Waals surface area contributed by atoms with Crippen molar-refractivity contribution in [3.05, 3.63) is 23.8 Å². The summed E-state index contributed by atoms with van der Waals surface area (Å²) in [7, 11) is 0. The molecule has 8 heavy (non-hydrogen) atoms. The normalized spacial score (nSPS) is 12.5. The van der Waals surface area contributed by atoms with Crippen molar-refractivity contribution >= 4 is 6.29 Å². The van der Waals surface area contributed by atoms with E-state index >= 15 is 0 Å². The lowest BCUT2D eigenvalue weighted by Crippen LogP contribution is -1.67. The summed E-state index contributed by atoms with van der Waals surface area (Å²) in [5.41, 5.74) is 0.988. The van der Waals surface area contributed by atoms with Crippen molar-refractivity contribution < 1.29 is 4.79 Å². The van der Waals surface area contributed by atoms with Crippen molar-refractivity contribution in [2.75, 3.05) is 0 Å². The molecule has 1 heteroatoms. The van der Waals surface area contributed by atoms with Gasteiger partial charge in [0.2, 0.25) is 0 Å². The van der Waals surface area contributed by atoms with E-state index in [0.717, 1.165) is 11.9 Å². The SMILES string of the molecule is CC=C/C(C)=C/C=O. The summed E-state index contributed by atoms with van der Waals surface area (Å²) in [6, 6.07) is 0. The second-order valence-electron chi connectivity index (χ2n) is 1.55. The highest BCUT2D eigenvalue weighted by Crippen LogP contribution is 1.90. The lowest BCUT2D eigenvalue weighted by Gasteiger charge is -1.81. The standard InChI is InChI=1S/C7H10O/c1-3-4-7(2)5-6-8/h3-6H,1-2H3/b4-3?,7-5+. The van der Waals surface area contributed by atoms with Gasteiger partial charge in [-0.1, -0.05) is 12.2 Å². The number of carbonyl (C=O) groups excluding carboxylic acids is 1. The molecule has 0 saturated heterocycles. The minimum Gasteiger partial charge on any atom is -0.299 e. The van der Waals surface area contributed by atoms with E-state index < -0.39 is 0 Å². The minimum atomic E-state index is 0.787. The van der Waals surface area contributed by atoms with Crippen molar-refractivity contribution in [1.82, 2.24) is 0 Å². The van der Waals surface area contributed by atoms with Crippen LogP contribution in [0.3, 0.4) is 0 Å². The topological polar surface area (TPSA) is 17.1 Å². The average molecular weight is 110 g/mol. The van der Waals surface area contributed by atoms with Gasteiger partial charge >= 0.3 is 0 Å². The Balaban J connectivity index is 3.79. The molecule has 0 aromatic rings. The van der Waals surface area contributed by atoms with E-state index in [4.69, 9.17) is 0 Å². The molecule has 0 aromatic heterocycles. The molecule has 0 fully saturated rings. The molecule has 0 saturated carbocycles. The van der Waals surface area contributed by atoms with Gasteiger partial charge in [0, 0.05) is 0 Å². The molecule has 0 heterocycles. The number of allylic oxidation sites excluding steroid dienone is 4. The Kier molecular flexibility index (Phi) is 3.85. The third-order valence-corrected chi connectivity index (χ3v) is 0.760. The lowest BCUT2D eigenvalue weighted by atomic mass is 10.3. The van der Waals surface area contributed by atoms with Crippen molar-refractivity contribution in [3.8, 4) is 0 Å². The Hall–Kier alpha value is -0.850. The van der Waals surface area contributed by atoms with Gasteiger partial charge in [-0.25, -0.2) is 0 Å². The molecular weight excluding hydrogens is 100 g/mol. The first-order chi connectivity index (χ1) is 3.81. The molecule has 0 rings (SSSR count). The first kappa shape index (κ1) is 7.15. The molecule has 44 valence electrons. The third kappa shape index (κ3) is 3.34. The lowest BCUT2D eigenvalue weighted by molar-refractivity contribution is -0.104. The van der Waals surface area contributed by atoms with Gasteiger partial charge in [0.05, 0.1) is 0 Å². The summed E-state index contributed by atoms with van der Waals surface area (Å²) in [6.45, 7) is 3.80. The van der Waals surface area contributed by atoms with Crippen LogP contribution >= 0.6 is 0 Å². The zero-order valence-corrected chi connectivity index (χ0v) is 5.22. The van der Waals surface area contributed by atoms with Crippen LogP contribution in [0.2, 0.25) is 0 Å². The summed E-state index contributed by atoms with van der Waals surface area (Å²) in [4.78, 5) is 9.78. The predicted octanol–water partition coefficient (Wildman–Crippen LogP) is 1.71. The van der Waals surface area contributed by atoms with Crippen LogP contribution in [-0.4, -0.2) is 6.29 Å². The molecule has 0 aromatic carbocycles. The quantitative estimate of drug-likeness (QED) is 0.300. The Morgan fingerprint density at radius 1 is 1.50 bits per heavy atom. The minimum absolute atomic E-state index is 0.787. The molecule has 0 N–H and O–H groups in total. The molecule has 0 unspecified atom stereocenters. The van der Waals surface area contributed by atoms with Gasteiger partial charge in [0.15, 0.2) is 0 Å². The Morgan fingerprint density at radius 3 is 2.50 bits per heavy atom. The van der Waals surface area contributed by atoms with E-state index in [1.807, 2.05) is 26.0 Å². The fraction of sp³-hybridized carbons (Fsp3) is 0.286. The largest absolute Gasteiger partial charge is 0.299 e. The molecule has 0 amide bonds. The molecule has 0 radical (unpaired) electrons. The van der Waals surface area contributed by atoms with Crippen molar-refractivity contribution in [2.24, 2.45) is 0 Å². The zero-order valence-electron chi connectivity index (χ0n) is 5.22. The third-order valence-electron chi connectivity index (χ3n) is 0.760. The van der Waals surface area contributed by atoms with Gasteiger partial charge in [-0.2, -0.15) is 0 Å². The highest BCUT2D eigenvalue weighted by Gasteiger charge is 1.73. The van der Waals surface area contributed by atoms with Gasteiger partial charge in [0.25, 0.3) is 0 Å². The number of hydrogen-bond donors (Lipinski definition) is 0. The van der Waals surface area contributed by atoms with Crippen LogP contribution in [0, 0.1) is 0 Å². The van der Waals surface area contributed by atoms with Crippen LogP contribution in [-0.2, 0) is 4.79 Å². The number of hydrogen-bond acceptors (Lipinski definition) is 1. The first-order valence-corrected chi connectivity index (χ1v) is 2.56. The fourth-order valence-electron chi connectivity index (χ4n) is 0.426. The maximum absolute atomic E-state index is 9.78. The van der Waals surface area contributed by atoms with E-state index in [1.54, 1.807) is 0 Å². The van der Waals surface area contributed by atoms with Crippen LogP contribution < -0.4 is 0 Å². The summed E-state index contributed by atoms with van der Waals surface area (Å²) in [5, 5.41) is 0. The molecule has 0 spiro atoms. The summed E-state index contributed by atoms with van der Waals surface area (Å²) in [5.74, 6) is 0. The van der Waals surface area contributed by atoms with E-state index in [0.29, 0.717) is 0 Å². The second-order valence-corrected chi connectivity index (χ2v) is 1.55. The Bertz CT molecular complexity index is 120. The first-order valence-electron chi connectivity index (χ1n) is 2.56. The highest BCUT2D eigenvalue weighted by atomic mass is 16.1. The zero-order chi connectivity index (χ0) is 6.41. The van der Waals surface area contributed by atoms with Crippen LogP contribution in [0.1, 0.15) is 13.8 Å². The van der Waals surface area contributed by atoms with Crippen LogP contribution in [0.25, 0.3) is 0 Å². The van der Waals surface area contributed by atoms with E-state index in [-0.39, 0.29) is 0 Å². The van der Waals surface area contributed by atoms with E-state index in [1.165, 1.54) is 6.08 Å². The van der Waals surface area contributed by atoms with Crippen molar-refractivity contribution in [1.29, 1.82) is 0 Å². The maximum atomic E-state index is 9.78. The van der Waals surface area contributed by atoms with Gasteiger partial charge in [-0.05, 0) is 25.5 Å². The predicted molar refractivity (Wildman–Crippen MR) is 34.6 cm³/mol.